The van der Waals surface area contributed by atoms with Gasteiger partial charge < -0.3 is 52.1 Å². The van der Waals surface area contributed by atoms with Crippen LogP contribution in [0.1, 0.15) is 108 Å². The van der Waals surface area contributed by atoms with Crippen LogP contribution in [0.2, 0.25) is 0 Å². The van der Waals surface area contributed by atoms with Crippen LogP contribution < -0.4 is 0 Å². The third-order valence-electron chi connectivity index (χ3n) is 36.0. The zero-order chi connectivity index (χ0) is 93.9. The summed E-state index contributed by atoms with van der Waals surface area (Å²) in [4.78, 5) is 23.5. The topological polar surface area (TPSA) is 509 Å². The average molecular weight is 2010 g/mol. The first kappa shape index (κ1) is 94.6. The SMILES string of the molecule is CC1C2CC3(C#N)C(O2)C1CS3(=O)=O.CC1C2CC3(C(F)(F)F)C(O2)C1CS3(=O)=O.CC1C2CC3(C)C(O2)C1CS3(=O)=O.CC1C2CC3C(O2)C1OS3(=O)=O.CC1C2CC3C1OS(=O)(=O)C3O2.CC1C2CS(=O)(=O)C3C(C#N)C1OC23.CC1C2CS(=O)(=O)C3C2OC1C3C(F)(F)F.COC(=O)C12CC3OC1C(CS2(=O)=O)C3C.COC(=O)C1C2OC3C(CS(=O)(=O)C31)C2C. The number of rotatable bonds is 2. The molecule has 26 saturated heterocycles. The normalized spacial score (nSPS) is 55.9. The fraction of sp³-hybridized carbons (Fsp3) is 0.949. The Labute approximate surface area is 745 Å². The van der Waals surface area contributed by atoms with Crippen LogP contribution in [0.15, 0.2) is 0 Å². The van der Waals surface area contributed by atoms with Gasteiger partial charge in [-0.1, -0.05) is 62.3 Å². The predicted octanol–water partition coefficient (Wildman–Crippen LogP) is 2.13. The number of fused-ring (bicyclic) bond motifs is 9. The average Bonchev–Trinajstić information content (AvgIpc) is 1.49. The van der Waals surface area contributed by atoms with Crippen molar-refractivity contribution < 1.29 is 172 Å². The summed E-state index contributed by atoms with van der Waals surface area (Å²) in [6.45, 7) is 19.4. The zero-order valence-electron chi connectivity index (χ0n) is 71.9. The van der Waals surface area contributed by atoms with Crippen molar-refractivity contribution >= 4 is 101 Å². The molecule has 48 unspecified atom stereocenters. The van der Waals surface area contributed by atoms with E-state index in [0.717, 1.165) is 12.8 Å². The molecule has 27 rings (SSSR count). The molecule has 50 heteroatoms. The van der Waals surface area contributed by atoms with Gasteiger partial charge in [0.05, 0.1) is 181 Å². The Morgan fingerprint density at radius 3 is 1.36 bits per heavy atom. The number of carbonyl (C=O) groups is 2. The highest BCUT2D eigenvalue weighted by Crippen LogP contribution is 2.67. The molecule has 48 atom stereocenters. The van der Waals surface area contributed by atoms with Crippen molar-refractivity contribution in [2.45, 2.75) is 282 Å². The highest BCUT2D eigenvalue weighted by molar-refractivity contribution is 7.95. The van der Waals surface area contributed by atoms with E-state index >= 15 is 0 Å². The Balaban J connectivity index is 0.0000000944. The second-order valence-corrected chi connectivity index (χ2v) is 61.0. The number of alkyl halides is 6. The van der Waals surface area contributed by atoms with E-state index in [1.165, 1.54) is 14.2 Å². The highest BCUT2D eigenvalue weighted by atomic mass is 32.2. The first-order valence-electron chi connectivity index (χ1n) is 43.9. The minimum absolute atomic E-state index is 0.00231. The Morgan fingerprint density at radius 1 is 0.388 bits per heavy atom. The quantitative estimate of drug-likeness (QED) is 0.217. The van der Waals surface area contributed by atoms with Gasteiger partial charge in [0.2, 0.25) is 0 Å². The van der Waals surface area contributed by atoms with Gasteiger partial charge >= 0.3 is 24.3 Å². The van der Waals surface area contributed by atoms with Crippen molar-refractivity contribution in [2.75, 3.05) is 54.5 Å². The number of hydrogen-bond acceptors (Lipinski definition) is 35. The molecule has 1 saturated carbocycles. The van der Waals surface area contributed by atoms with Crippen molar-refractivity contribution in [3.05, 3.63) is 0 Å². The molecule has 26 heterocycles. The van der Waals surface area contributed by atoms with Crippen LogP contribution in [-0.2, 0) is 159 Å². The van der Waals surface area contributed by atoms with E-state index in [2.05, 4.69) is 17.7 Å². The molecule has 0 spiro atoms. The summed E-state index contributed by atoms with van der Waals surface area (Å²) in [5.74, 6) is -2.29. The number of halogens is 6. The maximum atomic E-state index is 13.1. The lowest BCUT2D eigenvalue weighted by Gasteiger charge is -2.32. The lowest BCUT2D eigenvalue weighted by molar-refractivity contribution is -0.189. The third-order valence-corrected chi connectivity index (χ3v) is 56.1. The van der Waals surface area contributed by atoms with Gasteiger partial charge in [0.15, 0.2) is 88.5 Å². The smallest absolute Gasteiger partial charge is 0.410 e. The van der Waals surface area contributed by atoms with Crippen LogP contribution in [0, 0.1) is 141 Å². The van der Waals surface area contributed by atoms with E-state index in [1.807, 2.05) is 54.5 Å². The van der Waals surface area contributed by atoms with E-state index in [4.69, 9.17) is 66.3 Å². The first-order valence-corrected chi connectivity index (χ1v) is 58.6. The van der Waals surface area contributed by atoms with Crippen LogP contribution in [0.3, 0.4) is 0 Å². The Morgan fingerprint density at radius 2 is 0.845 bits per heavy atom. The fourth-order valence-corrected chi connectivity index (χ4v) is 50.2. The molecule has 18 bridgehead atoms. The standard InChI is InChI=1S/2C10H14O5S.2C9H11F3O3S.2C9H11NO3S.C9H14O3S.2C7H10O4S/c1-5-6-4-16(12,13)10(9(11)14-2)3-7(5)15-8(6)10;1-4-5-3-16(12,13)9-6(10(11)14-2)7(4)15-8(5)9;1-4-5-3-16(13,14)8(9(10,11)12)2-6(4)15-7(5)8;1-3-4-2-16(13,14)8-5(9(10,11)12)6(3)15-7(4)8;1-5-6-3-14(11,12)9(4-10)2-7(5)13-8(6)9;1-4-6-3-14(11,12)9-5(2-10)7(4)13-8(6)9;1-5-6-4-13(10,11)9(2)3-7(5)12-8(6)9;1-3-5-2-4-6(3)11-12(8,9)7(4)10-5;1-3-4-2-5-7(10-4)6(3)11-12(5,8)9/h5-8H,3-4H2,1-2H3;4-9H,3H2,1-2H3;4-7H,2-3H2,1H3;3-8H,2H2,1H3;5-8H,2-3H2,1H3;4-9H,3H2,1H3;5-8H,3-4H2,1-2H3;2*3-7H,2H2,1H3. The molecule has 0 N–H and O–H groups in total. The van der Waals surface area contributed by atoms with Gasteiger partial charge in [0.1, 0.15) is 45.0 Å². The van der Waals surface area contributed by atoms with Crippen molar-refractivity contribution in [1.29, 1.82) is 10.5 Å². The molecule has 726 valence electrons. The summed E-state index contributed by atoms with van der Waals surface area (Å²) >= 11 is 0. The number of nitriles is 2. The van der Waals surface area contributed by atoms with Gasteiger partial charge in [-0.25, -0.2) is 58.9 Å². The number of sulfone groups is 7. The van der Waals surface area contributed by atoms with E-state index in [1.54, 1.807) is 13.8 Å². The van der Waals surface area contributed by atoms with Crippen molar-refractivity contribution in [2.24, 2.45) is 118 Å². The van der Waals surface area contributed by atoms with E-state index in [-0.39, 0.29) is 214 Å². The van der Waals surface area contributed by atoms with Crippen molar-refractivity contribution in [1.82, 2.24) is 0 Å². The fourth-order valence-electron chi connectivity index (χ4n) is 28.9. The van der Waals surface area contributed by atoms with E-state index < -0.39 is 214 Å². The molecule has 35 nitrogen and oxygen atoms in total. The molecule has 1 aliphatic carbocycles. The number of hydrogen-bond donors (Lipinski definition) is 0. The van der Waals surface area contributed by atoms with Gasteiger partial charge in [-0.3, -0.25) is 18.0 Å². The third kappa shape index (κ3) is 12.9. The Kier molecular flexibility index (Phi) is 21.9. The number of ether oxygens (including phenoxy) is 11. The number of nitrogens with zero attached hydrogens (tertiary/aromatic N) is 2. The molecule has 27 aliphatic rings. The molecule has 0 aromatic carbocycles. The van der Waals surface area contributed by atoms with Crippen LogP contribution in [0.25, 0.3) is 0 Å². The summed E-state index contributed by atoms with van der Waals surface area (Å²) in [6.07, 6.45) is -12.0. The maximum Gasteiger partial charge on any atom is 0.410 e. The van der Waals surface area contributed by atoms with E-state index in [9.17, 15) is 112 Å². The van der Waals surface area contributed by atoms with Crippen LogP contribution in [0.4, 0.5) is 26.3 Å². The minimum atomic E-state index is -4.72. The van der Waals surface area contributed by atoms with Crippen LogP contribution in [-0.4, -0.2) is 316 Å². The Bertz CT molecular complexity index is 5820. The van der Waals surface area contributed by atoms with Gasteiger partial charge in [-0.05, 0) is 67.6 Å². The van der Waals surface area contributed by atoms with Gasteiger partial charge in [0, 0.05) is 78.4 Å². The summed E-state index contributed by atoms with van der Waals surface area (Å²) < 4.78 is 352. The van der Waals surface area contributed by atoms with Gasteiger partial charge in [-0.15, -0.1) is 0 Å². The molecule has 0 aromatic rings. The summed E-state index contributed by atoms with van der Waals surface area (Å²) in [5, 5.41) is 15.1. The molecule has 129 heavy (non-hydrogen) atoms. The second-order valence-electron chi connectivity index (χ2n) is 41.6. The van der Waals surface area contributed by atoms with Gasteiger partial charge in [-0.2, -0.15) is 53.7 Å². The molecule has 26 aliphatic heterocycles. The molecule has 0 aromatic heterocycles. The largest absolute Gasteiger partial charge is 0.469 e. The van der Waals surface area contributed by atoms with Gasteiger partial charge in [0.25, 0.3) is 20.2 Å². The lowest BCUT2D eigenvalue weighted by Crippen LogP contribution is -2.55. The van der Waals surface area contributed by atoms with Crippen LogP contribution >= 0.6 is 0 Å². The second kappa shape index (κ2) is 29.8. The molecular formula is C79H106F6N2O33S9. The first-order chi connectivity index (χ1) is 59.6. The number of esters is 2. The Hall–Kier alpha value is -3.39. The van der Waals surface area contributed by atoms with Crippen molar-refractivity contribution in [3.63, 3.8) is 0 Å². The van der Waals surface area contributed by atoms with Crippen LogP contribution in [0.5, 0.6) is 0 Å². The molecule has 0 amide bonds. The highest BCUT2D eigenvalue weighted by Gasteiger charge is 2.83. The maximum absolute atomic E-state index is 13.1. The number of carbonyl (C=O) groups excluding carboxylic acids is 2. The van der Waals surface area contributed by atoms with E-state index in [0.29, 0.717) is 30.4 Å². The monoisotopic (exact) mass is 2010 g/mol. The predicted molar refractivity (Wildman–Crippen MR) is 430 cm³/mol. The van der Waals surface area contributed by atoms with Crippen molar-refractivity contribution in [3.8, 4) is 12.1 Å². The summed E-state index contributed by atoms with van der Waals surface area (Å²) in [7, 11) is -27.8. The molecular weight excluding hydrogens is 1910 g/mol. The summed E-state index contributed by atoms with van der Waals surface area (Å²) in [6, 6.07) is 4.10. The zero-order valence-corrected chi connectivity index (χ0v) is 79.3. The molecule has 0 radical (unpaired) electrons. The minimum Gasteiger partial charge on any atom is -0.469 e. The number of methoxy groups -OCH3 is 2. The molecule has 27 fully saturated rings. The lowest BCUT2D eigenvalue weighted by atomic mass is 9.75. The summed E-state index contributed by atoms with van der Waals surface area (Å²) in [5.41, 5.74) is -0.649.